The Labute approximate surface area is 151 Å². The van der Waals surface area contributed by atoms with Gasteiger partial charge in [-0.3, -0.25) is 9.69 Å². The Morgan fingerprint density at radius 2 is 1.35 bits per heavy atom. The van der Waals surface area contributed by atoms with E-state index in [-0.39, 0.29) is 5.91 Å². The van der Waals surface area contributed by atoms with Gasteiger partial charge in [0, 0.05) is 17.5 Å². The van der Waals surface area contributed by atoms with Crippen LogP contribution in [0.2, 0.25) is 0 Å². The number of benzene rings is 3. The van der Waals surface area contributed by atoms with Gasteiger partial charge in [0.15, 0.2) is 5.72 Å². The molecule has 0 saturated heterocycles. The summed E-state index contributed by atoms with van der Waals surface area (Å²) in [6, 6.07) is 27.2. The molecule has 2 aliphatic heterocycles. The third-order valence-corrected chi connectivity index (χ3v) is 5.26. The van der Waals surface area contributed by atoms with Crippen molar-refractivity contribution in [3.8, 4) is 0 Å². The fourth-order valence-electron chi connectivity index (χ4n) is 4.13. The highest BCUT2D eigenvalue weighted by molar-refractivity contribution is 6.10. The zero-order valence-electron chi connectivity index (χ0n) is 14.1. The van der Waals surface area contributed by atoms with E-state index < -0.39 is 5.72 Å². The second-order valence-electron chi connectivity index (χ2n) is 6.74. The van der Waals surface area contributed by atoms with Crippen LogP contribution in [0.25, 0.3) is 11.3 Å². The fourth-order valence-corrected chi connectivity index (χ4v) is 4.13. The van der Waals surface area contributed by atoms with E-state index in [1.165, 1.54) is 0 Å². The van der Waals surface area contributed by atoms with Crippen molar-refractivity contribution in [2.45, 2.75) is 12.1 Å². The van der Waals surface area contributed by atoms with Crippen molar-refractivity contribution in [3.63, 3.8) is 0 Å². The predicted molar refractivity (Wildman–Crippen MR) is 101 cm³/mol. The van der Waals surface area contributed by atoms with Crippen LogP contribution in [0.3, 0.4) is 0 Å². The van der Waals surface area contributed by atoms with Gasteiger partial charge in [0.05, 0.1) is 5.70 Å². The molecule has 126 valence electrons. The van der Waals surface area contributed by atoms with Gasteiger partial charge in [-0.1, -0.05) is 78.9 Å². The highest BCUT2D eigenvalue weighted by Gasteiger charge is 2.55. The lowest BCUT2D eigenvalue weighted by molar-refractivity contribution is -0.0428. The number of hydrogen-bond acceptors (Lipinski definition) is 2. The second-order valence-corrected chi connectivity index (χ2v) is 6.74. The van der Waals surface area contributed by atoms with Gasteiger partial charge >= 0.3 is 0 Å². The number of carbonyl (C=O) groups excluding carboxylic acids is 1. The summed E-state index contributed by atoms with van der Waals surface area (Å²) in [6.45, 7) is 0. The monoisotopic (exact) mass is 339 g/mol. The molecule has 26 heavy (non-hydrogen) atoms. The highest BCUT2D eigenvalue weighted by Crippen LogP contribution is 2.54. The SMILES string of the molecule is O=C1c2ccccc2C2(O)CC(c3ccccc3)=C(c3ccccc3)N12. The van der Waals surface area contributed by atoms with Crippen LogP contribution in [0, 0.1) is 0 Å². The number of carbonyl (C=O) groups is 1. The summed E-state index contributed by atoms with van der Waals surface area (Å²) in [4.78, 5) is 14.8. The Balaban J connectivity index is 1.78. The molecule has 2 heterocycles. The lowest BCUT2D eigenvalue weighted by Gasteiger charge is -2.29. The lowest BCUT2D eigenvalue weighted by Crippen LogP contribution is -2.38. The summed E-state index contributed by atoms with van der Waals surface area (Å²) in [5, 5.41) is 11.6. The standard InChI is InChI=1S/C23H17NO2/c25-22-18-13-7-8-14-20(18)23(26)15-19(16-9-3-1-4-10-16)21(24(22)23)17-11-5-2-6-12-17/h1-14,26H,15H2. The van der Waals surface area contributed by atoms with Gasteiger partial charge in [0.1, 0.15) is 0 Å². The first-order chi connectivity index (χ1) is 12.7. The second kappa shape index (κ2) is 5.41. The molecule has 1 unspecified atom stereocenters. The van der Waals surface area contributed by atoms with Crippen LogP contribution in [0.5, 0.6) is 0 Å². The van der Waals surface area contributed by atoms with E-state index in [0.29, 0.717) is 17.5 Å². The van der Waals surface area contributed by atoms with Gasteiger partial charge in [-0.25, -0.2) is 0 Å². The van der Waals surface area contributed by atoms with Crippen molar-refractivity contribution in [1.29, 1.82) is 0 Å². The number of aliphatic hydroxyl groups is 1. The van der Waals surface area contributed by atoms with Crippen molar-refractivity contribution in [2.75, 3.05) is 0 Å². The minimum absolute atomic E-state index is 0.145. The quantitative estimate of drug-likeness (QED) is 0.758. The molecule has 0 saturated carbocycles. The molecule has 3 nitrogen and oxygen atoms in total. The molecule has 1 atom stereocenters. The Morgan fingerprint density at radius 3 is 2.04 bits per heavy atom. The number of fused-ring (bicyclic) bond motifs is 3. The number of nitrogens with zero attached hydrogens (tertiary/aromatic N) is 1. The van der Waals surface area contributed by atoms with Crippen LogP contribution in [0.1, 0.15) is 33.5 Å². The first-order valence-electron chi connectivity index (χ1n) is 8.70. The van der Waals surface area contributed by atoms with E-state index in [9.17, 15) is 9.90 Å². The molecule has 0 bridgehead atoms. The van der Waals surface area contributed by atoms with Crippen molar-refractivity contribution in [1.82, 2.24) is 4.90 Å². The Kier molecular flexibility index (Phi) is 3.15. The fraction of sp³-hybridized carbons (Fsp3) is 0.0870. The third-order valence-electron chi connectivity index (χ3n) is 5.26. The van der Waals surface area contributed by atoms with Crippen molar-refractivity contribution in [3.05, 3.63) is 107 Å². The smallest absolute Gasteiger partial charge is 0.261 e. The van der Waals surface area contributed by atoms with E-state index in [2.05, 4.69) is 0 Å². The van der Waals surface area contributed by atoms with Crippen LogP contribution < -0.4 is 0 Å². The van der Waals surface area contributed by atoms with Gasteiger partial charge in [-0.2, -0.15) is 0 Å². The van der Waals surface area contributed by atoms with E-state index in [0.717, 1.165) is 22.4 Å². The minimum Gasteiger partial charge on any atom is -0.366 e. The first-order valence-corrected chi connectivity index (χ1v) is 8.70. The van der Waals surface area contributed by atoms with Crippen LogP contribution in [0.4, 0.5) is 0 Å². The number of hydrogen-bond donors (Lipinski definition) is 1. The summed E-state index contributed by atoms with van der Waals surface area (Å²) >= 11 is 0. The van der Waals surface area contributed by atoms with Crippen molar-refractivity contribution in [2.24, 2.45) is 0 Å². The molecule has 3 aromatic rings. The molecule has 3 aromatic carbocycles. The predicted octanol–water partition coefficient (Wildman–Crippen LogP) is 4.26. The molecular weight excluding hydrogens is 322 g/mol. The Bertz CT molecular complexity index is 1040. The maximum atomic E-state index is 13.2. The molecule has 5 rings (SSSR count). The largest absolute Gasteiger partial charge is 0.366 e. The van der Waals surface area contributed by atoms with Crippen LogP contribution in [0.15, 0.2) is 84.9 Å². The maximum absolute atomic E-state index is 13.2. The topological polar surface area (TPSA) is 40.5 Å². The molecule has 0 aliphatic carbocycles. The molecule has 1 amide bonds. The summed E-state index contributed by atoms with van der Waals surface area (Å²) in [5.74, 6) is -0.145. The molecule has 0 aromatic heterocycles. The zero-order chi connectivity index (χ0) is 17.7. The highest BCUT2D eigenvalue weighted by atomic mass is 16.3. The van der Waals surface area contributed by atoms with E-state index >= 15 is 0 Å². The summed E-state index contributed by atoms with van der Waals surface area (Å²) in [7, 11) is 0. The normalized spacial score (nSPS) is 21.1. The van der Waals surface area contributed by atoms with Crippen LogP contribution >= 0.6 is 0 Å². The van der Waals surface area contributed by atoms with Gasteiger partial charge in [0.25, 0.3) is 5.91 Å². The van der Waals surface area contributed by atoms with Crippen LogP contribution in [-0.4, -0.2) is 15.9 Å². The van der Waals surface area contributed by atoms with E-state index in [1.54, 1.807) is 11.0 Å². The van der Waals surface area contributed by atoms with Gasteiger partial charge in [-0.05, 0) is 22.8 Å². The number of amides is 1. The Hall–Kier alpha value is -3.17. The maximum Gasteiger partial charge on any atom is 0.261 e. The number of rotatable bonds is 2. The Morgan fingerprint density at radius 1 is 0.769 bits per heavy atom. The average Bonchev–Trinajstić information content (AvgIpc) is 3.13. The molecule has 0 radical (unpaired) electrons. The van der Waals surface area contributed by atoms with Gasteiger partial charge in [-0.15, -0.1) is 0 Å². The van der Waals surface area contributed by atoms with Crippen molar-refractivity contribution >= 4 is 17.2 Å². The molecule has 0 fully saturated rings. The van der Waals surface area contributed by atoms with Crippen LogP contribution in [-0.2, 0) is 5.72 Å². The molecule has 1 N–H and O–H groups in total. The van der Waals surface area contributed by atoms with Crippen molar-refractivity contribution < 1.29 is 9.90 Å². The molecular formula is C23H17NO2. The summed E-state index contributed by atoms with van der Waals surface area (Å²) < 4.78 is 0. The first kappa shape index (κ1) is 15.1. The summed E-state index contributed by atoms with van der Waals surface area (Å²) in [6.07, 6.45) is 0.379. The minimum atomic E-state index is -1.33. The van der Waals surface area contributed by atoms with Gasteiger partial charge < -0.3 is 5.11 Å². The van der Waals surface area contributed by atoms with Gasteiger partial charge in [0.2, 0.25) is 0 Å². The molecule has 2 aliphatic rings. The lowest BCUT2D eigenvalue weighted by atomic mass is 9.92. The van der Waals surface area contributed by atoms with E-state index in [4.69, 9.17) is 0 Å². The summed E-state index contributed by atoms with van der Waals surface area (Å²) in [5.41, 5.74) is 3.68. The molecule has 0 spiro atoms. The zero-order valence-corrected chi connectivity index (χ0v) is 14.1. The average molecular weight is 339 g/mol. The van der Waals surface area contributed by atoms with E-state index in [1.807, 2.05) is 78.9 Å². The third kappa shape index (κ3) is 1.95. The molecule has 3 heteroatoms.